The Balaban J connectivity index is 2.06. The van der Waals surface area contributed by atoms with Crippen molar-refractivity contribution >= 4 is 11.7 Å². The van der Waals surface area contributed by atoms with Crippen molar-refractivity contribution in [1.29, 1.82) is 0 Å². The highest BCUT2D eigenvalue weighted by Crippen LogP contribution is 2.29. The van der Waals surface area contributed by atoms with Gasteiger partial charge in [-0.2, -0.15) is 18.3 Å². The molecular weight excluding hydrogens is 283 g/mol. The molecule has 1 aromatic carbocycles. The van der Waals surface area contributed by atoms with Gasteiger partial charge in [-0.3, -0.25) is 9.89 Å². The Morgan fingerprint density at radius 3 is 2.81 bits per heavy atom. The van der Waals surface area contributed by atoms with Crippen LogP contribution >= 0.6 is 0 Å². The maximum Gasteiger partial charge on any atom is 0.416 e. The molecule has 0 unspecified atom stereocenters. The minimum atomic E-state index is -4.41. The first-order valence-corrected chi connectivity index (χ1v) is 6.38. The van der Waals surface area contributed by atoms with Crippen molar-refractivity contribution in [3.63, 3.8) is 0 Å². The first kappa shape index (κ1) is 15.1. The van der Waals surface area contributed by atoms with Crippen molar-refractivity contribution in [3.05, 3.63) is 47.2 Å². The molecule has 0 spiro atoms. The average molecular weight is 297 g/mol. The Morgan fingerprint density at radius 2 is 2.14 bits per heavy atom. The molecule has 0 saturated carbocycles. The summed E-state index contributed by atoms with van der Waals surface area (Å²) in [5.74, 6) is 0.0859. The third-order valence-corrected chi connectivity index (χ3v) is 2.98. The molecule has 0 aliphatic heterocycles. The Hall–Kier alpha value is -2.31. The number of carbonyl (C=O) groups excluding carboxylic acids is 1. The Morgan fingerprint density at radius 1 is 1.38 bits per heavy atom. The van der Waals surface area contributed by atoms with Gasteiger partial charge in [-0.1, -0.05) is 25.1 Å². The summed E-state index contributed by atoms with van der Waals surface area (Å²) in [5, 5.41) is 9.07. The van der Waals surface area contributed by atoms with E-state index in [0.717, 1.165) is 17.7 Å². The molecule has 2 rings (SSSR count). The Bertz CT molecular complexity index is 634. The zero-order valence-electron chi connectivity index (χ0n) is 11.3. The standard InChI is InChI=1S/C14H14F3N3O/c1-2-10-8-18-20-13(10)19-12(21)7-9-4-3-5-11(6-9)14(15,16)17/h3-6,8H,2,7H2,1H3,(H2,18,19,20,21). The van der Waals surface area contributed by atoms with Gasteiger partial charge in [0.2, 0.25) is 5.91 Å². The van der Waals surface area contributed by atoms with Gasteiger partial charge in [0.15, 0.2) is 0 Å². The number of hydrogen-bond acceptors (Lipinski definition) is 2. The molecule has 0 saturated heterocycles. The van der Waals surface area contributed by atoms with Crippen LogP contribution in [0, 0.1) is 0 Å². The smallest absolute Gasteiger partial charge is 0.311 e. The monoisotopic (exact) mass is 297 g/mol. The summed E-state index contributed by atoms with van der Waals surface area (Å²) in [6, 6.07) is 4.74. The van der Waals surface area contributed by atoms with Gasteiger partial charge in [0.05, 0.1) is 18.2 Å². The molecule has 1 aromatic heterocycles. The van der Waals surface area contributed by atoms with Crippen LogP contribution in [0.25, 0.3) is 0 Å². The van der Waals surface area contributed by atoms with E-state index in [1.807, 2.05) is 6.92 Å². The lowest BCUT2D eigenvalue weighted by molar-refractivity contribution is -0.137. The summed E-state index contributed by atoms with van der Waals surface area (Å²) >= 11 is 0. The predicted molar refractivity (Wildman–Crippen MR) is 71.7 cm³/mol. The average Bonchev–Trinajstić information content (AvgIpc) is 2.85. The lowest BCUT2D eigenvalue weighted by Crippen LogP contribution is -2.16. The van der Waals surface area contributed by atoms with Crippen molar-refractivity contribution in [2.45, 2.75) is 25.9 Å². The fourth-order valence-corrected chi connectivity index (χ4v) is 1.91. The number of aryl methyl sites for hydroxylation is 1. The molecule has 1 amide bonds. The number of aromatic nitrogens is 2. The predicted octanol–water partition coefficient (Wildman–Crippen LogP) is 3.17. The van der Waals surface area contributed by atoms with Crippen LogP contribution in [-0.4, -0.2) is 16.1 Å². The van der Waals surface area contributed by atoms with Gasteiger partial charge < -0.3 is 5.32 Å². The fourth-order valence-electron chi connectivity index (χ4n) is 1.91. The molecule has 1 heterocycles. The van der Waals surface area contributed by atoms with E-state index in [-0.39, 0.29) is 6.42 Å². The number of benzene rings is 1. The van der Waals surface area contributed by atoms with Crippen LogP contribution in [0.2, 0.25) is 0 Å². The highest BCUT2D eigenvalue weighted by Gasteiger charge is 2.30. The van der Waals surface area contributed by atoms with Crippen molar-refractivity contribution in [2.24, 2.45) is 0 Å². The lowest BCUT2D eigenvalue weighted by Gasteiger charge is -2.09. The second-order valence-electron chi connectivity index (χ2n) is 4.55. The van der Waals surface area contributed by atoms with Crippen LogP contribution in [0.1, 0.15) is 23.6 Å². The second kappa shape index (κ2) is 5.99. The van der Waals surface area contributed by atoms with E-state index in [4.69, 9.17) is 0 Å². The zero-order chi connectivity index (χ0) is 15.5. The molecule has 2 N–H and O–H groups in total. The molecular formula is C14H14F3N3O. The van der Waals surface area contributed by atoms with Crippen LogP contribution in [-0.2, 0) is 23.8 Å². The number of halogens is 3. The number of nitrogens with one attached hydrogen (secondary N) is 2. The maximum atomic E-state index is 12.6. The molecule has 0 bridgehead atoms. The van der Waals surface area contributed by atoms with Crippen molar-refractivity contribution in [3.8, 4) is 0 Å². The Kier molecular flexibility index (Phi) is 4.30. The number of aromatic amines is 1. The van der Waals surface area contributed by atoms with E-state index in [1.54, 1.807) is 6.20 Å². The van der Waals surface area contributed by atoms with Crippen molar-refractivity contribution in [1.82, 2.24) is 10.2 Å². The number of alkyl halides is 3. The summed E-state index contributed by atoms with van der Waals surface area (Å²) < 4.78 is 37.8. The fraction of sp³-hybridized carbons (Fsp3) is 0.286. The molecule has 0 fully saturated rings. The SMILES string of the molecule is CCc1cn[nH]c1NC(=O)Cc1cccc(C(F)(F)F)c1. The lowest BCUT2D eigenvalue weighted by atomic mass is 10.1. The summed E-state index contributed by atoms with van der Waals surface area (Å²) in [5.41, 5.74) is 0.385. The van der Waals surface area contributed by atoms with Crippen LogP contribution in [0.15, 0.2) is 30.5 Å². The van der Waals surface area contributed by atoms with E-state index in [0.29, 0.717) is 17.8 Å². The van der Waals surface area contributed by atoms with E-state index >= 15 is 0 Å². The number of rotatable bonds is 4. The molecule has 7 heteroatoms. The Labute approximate surface area is 119 Å². The van der Waals surface area contributed by atoms with Crippen molar-refractivity contribution < 1.29 is 18.0 Å². The van der Waals surface area contributed by atoms with Gasteiger partial charge in [0.25, 0.3) is 0 Å². The van der Waals surface area contributed by atoms with Gasteiger partial charge in [-0.25, -0.2) is 0 Å². The first-order chi connectivity index (χ1) is 9.90. The zero-order valence-corrected chi connectivity index (χ0v) is 11.3. The summed E-state index contributed by atoms with van der Waals surface area (Å²) in [7, 11) is 0. The molecule has 0 atom stereocenters. The largest absolute Gasteiger partial charge is 0.416 e. The molecule has 21 heavy (non-hydrogen) atoms. The second-order valence-corrected chi connectivity index (χ2v) is 4.55. The highest BCUT2D eigenvalue weighted by molar-refractivity contribution is 5.92. The highest BCUT2D eigenvalue weighted by atomic mass is 19.4. The first-order valence-electron chi connectivity index (χ1n) is 6.38. The minimum absolute atomic E-state index is 0.133. The number of nitrogens with zero attached hydrogens (tertiary/aromatic N) is 1. The molecule has 112 valence electrons. The van der Waals surface area contributed by atoms with E-state index in [1.165, 1.54) is 12.1 Å². The van der Waals surface area contributed by atoms with Crippen LogP contribution in [0.5, 0.6) is 0 Å². The summed E-state index contributed by atoms with van der Waals surface area (Å²) in [6.45, 7) is 1.91. The van der Waals surface area contributed by atoms with Gasteiger partial charge in [-0.05, 0) is 18.1 Å². The number of anilines is 1. The molecule has 2 aromatic rings. The number of H-pyrrole nitrogens is 1. The summed E-state index contributed by atoms with van der Waals surface area (Å²) in [4.78, 5) is 11.9. The van der Waals surface area contributed by atoms with Gasteiger partial charge in [0.1, 0.15) is 5.82 Å². The quantitative estimate of drug-likeness (QED) is 0.910. The molecule has 4 nitrogen and oxygen atoms in total. The number of amides is 1. The third kappa shape index (κ3) is 3.84. The van der Waals surface area contributed by atoms with Crippen LogP contribution in [0.4, 0.5) is 19.0 Å². The third-order valence-electron chi connectivity index (χ3n) is 2.98. The normalized spacial score (nSPS) is 11.4. The van der Waals surface area contributed by atoms with E-state index < -0.39 is 17.6 Å². The van der Waals surface area contributed by atoms with E-state index in [2.05, 4.69) is 15.5 Å². The molecule has 0 radical (unpaired) electrons. The molecule has 0 aliphatic rings. The van der Waals surface area contributed by atoms with Crippen LogP contribution in [0.3, 0.4) is 0 Å². The van der Waals surface area contributed by atoms with E-state index in [9.17, 15) is 18.0 Å². The minimum Gasteiger partial charge on any atom is -0.311 e. The van der Waals surface area contributed by atoms with Crippen LogP contribution < -0.4 is 5.32 Å². The van der Waals surface area contributed by atoms with Gasteiger partial charge in [-0.15, -0.1) is 0 Å². The number of hydrogen-bond donors (Lipinski definition) is 2. The van der Waals surface area contributed by atoms with Gasteiger partial charge >= 0.3 is 6.18 Å². The van der Waals surface area contributed by atoms with Gasteiger partial charge in [0, 0.05) is 5.56 Å². The number of carbonyl (C=O) groups is 1. The van der Waals surface area contributed by atoms with Crippen molar-refractivity contribution in [2.75, 3.05) is 5.32 Å². The summed E-state index contributed by atoms with van der Waals surface area (Å²) in [6.07, 6.45) is -2.26. The topological polar surface area (TPSA) is 57.8 Å². The molecule has 0 aliphatic carbocycles. The maximum absolute atomic E-state index is 12.6.